The van der Waals surface area contributed by atoms with Crippen LogP contribution in [-0.4, -0.2) is 19.9 Å². The number of nitrogens with one attached hydrogen (secondary N) is 2. The third kappa shape index (κ3) is 3.57. The fourth-order valence-corrected chi connectivity index (χ4v) is 4.17. The van der Waals surface area contributed by atoms with Gasteiger partial charge in [0.15, 0.2) is 0 Å². The molecule has 2 N–H and O–H groups in total. The Morgan fingerprint density at radius 3 is 2.70 bits per heavy atom. The summed E-state index contributed by atoms with van der Waals surface area (Å²) in [5, 5.41) is 12.1. The molecule has 2 aromatic rings. The minimum Gasteiger partial charge on any atom is -0.369 e. The molecule has 4 rings (SSSR count). The Morgan fingerprint density at radius 2 is 2.00 bits per heavy atom. The zero-order chi connectivity index (χ0) is 18.9. The highest BCUT2D eigenvalue weighted by Gasteiger charge is 2.18. The Balaban J connectivity index is 1.52. The number of aromatic nitrogens is 1. The molecule has 1 aromatic heterocycles. The number of hydrogen-bond acceptors (Lipinski definition) is 5. The van der Waals surface area contributed by atoms with Gasteiger partial charge in [0.1, 0.15) is 11.6 Å². The van der Waals surface area contributed by atoms with Gasteiger partial charge in [-0.05, 0) is 47.7 Å². The van der Waals surface area contributed by atoms with Crippen molar-refractivity contribution in [1.29, 1.82) is 5.26 Å². The molecule has 0 fully saturated rings. The van der Waals surface area contributed by atoms with Gasteiger partial charge < -0.3 is 5.32 Å². The van der Waals surface area contributed by atoms with Crippen LogP contribution in [0.5, 0.6) is 0 Å². The summed E-state index contributed by atoms with van der Waals surface area (Å²) < 4.78 is 27.8. The lowest BCUT2D eigenvalue weighted by Gasteiger charge is -2.12. The van der Waals surface area contributed by atoms with Crippen LogP contribution < -0.4 is 10.0 Å². The summed E-state index contributed by atoms with van der Waals surface area (Å²) in [7, 11) is -3.71. The van der Waals surface area contributed by atoms with Crippen molar-refractivity contribution in [2.24, 2.45) is 5.92 Å². The number of fused-ring (bicyclic) bond motifs is 1. The first-order valence-corrected chi connectivity index (χ1v) is 10.2. The molecule has 7 heteroatoms. The topological polar surface area (TPSA) is 94.9 Å². The standard InChI is InChI=1S/C20H18N4O2S/c21-13-14-1-3-15(4-2-14)16-5-8-18(9-6-16)27(25,26)24-19-10-7-17-11-12-22-20(17)23-19/h1,3-10,14H,2,11-12H2,(H2,22,23,24). The lowest BCUT2D eigenvalue weighted by atomic mass is 9.94. The quantitative estimate of drug-likeness (QED) is 0.851. The van der Waals surface area contributed by atoms with E-state index in [1.807, 2.05) is 24.3 Å². The molecular weight excluding hydrogens is 360 g/mol. The number of hydrogen-bond donors (Lipinski definition) is 2. The summed E-state index contributed by atoms with van der Waals surface area (Å²) in [4.78, 5) is 4.50. The van der Waals surface area contributed by atoms with E-state index in [1.165, 1.54) is 0 Å². The number of nitrogens with zero attached hydrogens (tertiary/aromatic N) is 2. The fraction of sp³-hybridized carbons (Fsp3) is 0.200. The van der Waals surface area contributed by atoms with Gasteiger partial charge in [0.2, 0.25) is 0 Å². The normalized spacial score (nSPS) is 18.2. The summed E-state index contributed by atoms with van der Waals surface area (Å²) in [5.74, 6) is 0.942. The van der Waals surface area contributed by atoms with Crippen LogP contribution in [0.1, 0.15) is 17.5 Å². The molecule has 1 aliphatic heterocycles. The van der Waals surface area contributed by atoms with Gasteiger partial charge in [-0.2, -0.15) is 5.26 Å². The number of nitriles is 1. The predicted molar refractivity (Wildman–Crippen MR) is 105 cm³/mol. The Bertz CT molecular complexity index is 1080. The maximum Gasteiger partial charge on any atom is 0.263 e. The number of anilines is 2. The van der Waals surface area contributed by atoms with Crippen LogP contribution in [-0.2, 0) is 16.4 Å². The molecule has 136 valence electrons. The second kappa shape index (κ2) is 6.89. The highest BCUT2D eigenvalue weighted by atomic mass is 32.2. The summed E-state index contributed by atoms with van der Waals surface area (Å²) in [6.45, 7) is 0.819. The van der Waals surface area contributed by atoms with Crippen LogP contribution in [0, 0.1) is 17.2 Å². The van der Waals surface area contributed by atoms with Crippen LogP contribution >= 0.6 is 0 Å². The Labute approximate surface area is 158 Å². The average molecular weight is 378 g/mol. The smallest absolute Gasteiger partial charge is 0.263 e. The van der Waals surface area contributed by atoms with Gasteiger partial charge in [-0.15, -0.1) is 0 Å². The average Bonchev–Trinajstić information content (AvgIpc) is 3.16. The van der Waals surface area contributed by atoms with Crippen LogP contribution in [0.4, 0.5) is 11.6 Å². The first-order chi connectivity index (χ1) is 13.0. The van der Waals surface area contributed by atoms with Gasteiger partial charge in [0.05, 0.1) is 16.9 Å². The van der Waals surface area contributed by atoms with E-state index >= 15 is 0 Å². The van der Waals surface area contributed by atoms with Gasteiger partial charge in [-0.25, -0.2) is 13.4 Å². The first-order valence-electron chi connectivity index (χ1n) is 8.70. The van der Waals surface area contributed by atoms with Crippen molar-refractivity contribution in [3.63, 3.8) is 0 Å². The van der Waals surface area contributed by atoms with Gasteiger partial charge in [0.25, 0.3) is 10.0 Å². The SMILES string of the molecule is N#CC1C=CC(c2ccc(S(=O)(=O)Nc3ccc4c(n3)NCC4)cc2)=CC1. The molecule has 6 nitrogen and oxygen atoms in total. The Kier molecular flexibility index (Phi) is 4.42. The van der Waals surface area contributed by atoms with Crippen LogP contribution in [0.25, 0.3) is 5.57 Å². The number of rotatable bonds is 4. The van der Waals surface area contributed by atoms with Crippen molar-refractivity contribution in [3.05, 3.63) is 65.8 Å². The molecule has 0 spiro atoms. The highest BCUT2D eigenvalue weighted by Crippen LogP contribution is 2.26. The molecule has 0 amide bonds. The van der Waals surface area contributed by atoms with Crippen molar-refractivity contribution in [2.75, 3.05) is 16.6 Å². The molecule has 1 unspecified atom stereocenters. The van der Waals surface area contributed by atoms with Gasteiger partial charge in [0, 0.05) is 6.54 Å². The number of allylic oxidation sites excluding steroid dienone is 4. The first kappa shape index (κ1) is 17.3. The molecule has 27 heavy (non-hydrogen) atoms. The molecule has 2 aliphatic rings. The van der Waals surface area contributed by atoms with Crippen LogP contribution in [0.2, 0.25) is 0 Å². The summed E-state index contributed by atoms with van der Waals surface area (Å²) >= 11 is 0. The maximum atomic E-state index is 12.6. The van der Waals surface area contributed by atoms with Gasteiger partial charge in [-0.1, -0.05) is 36.4 Å². The molecule has 0 saturated carbocycles. The minimum atomic E-state index is -3.71. The molecule has 1 aliphatic carbocycles. The molecule has 0 saturated heterocycles. The zero-order valence-corrected chi connectivity index (χ0v) is 15.3. The monoisotopic (exact) mass is 378 g/mol. The largest absolute Gasteiger partial charge is 0.369 e. The van der Waals surface area contributed by atoms with E-state index in [0.717, 1.165) is 35.5 Å². The predicted octanol–water partition coefficient (Wildman–Crippen LogP) is 3.33. The van der Waals surface area contributed by atoms with E-state index in [4.69, 9.17) is 5.26 Å². The van der Waals surface area contributed by atoms with E-state index in [1.54, 1.807) is 30.3 Å². The van der Waals surface area contributed by atoms with E-state index in [2.05, 4.69) is 21.1 Å². The van der Waals surface area contributed by atoms with Crippen molar-refractivity contribution in [1.82, 2.24) is 4.98 Å². The zero-order valence-electron chi connectivity index (χ0n) is 14.5. The van der Waals surface area contributed by atoms with Crippen LogP contribution in [0.3, 0.4) is 0 Å². The van der Waals surface area contributed by atoms with Crippen molar-refractivity contribution in [3.8, 4) is 6.07 Å². The molecule has 0 bridgehead atoms. The highest BCUT2D eigenvalue weighted by molar-refractivity contribution is 7.92. The lowest BCUT2D eigenvalue weighted by molar-refractivity contribution is 0.601. The summed E-state index contributed by atoms with van der Waals surface area (Å²) in [6.07, 6.45) is 7.34. The van der Waals surface area contributed by atoms with E-state index in [-0.39, 0.29) is 10.8 Å². The molecule has 1 atom stereocenters. The molecule has 0 radical (unpaired) electrons. The lowest BCUT2D eigenvalue weighted by Crippen LogP contribution is -2.14. The summed E-state index contributed by atoms with van der Waals surface area (Å²) in [6, 6.07) is 12.5. The fourth-order valence-electron chi connectivity index (χ4n) is 3.17. The Hall–Kier alpha value is -3.11. The molecule has 2 heterocycles. The Morgan fingerprint density at radius 1 is 1.19 bits per heavy atom. The second-order valence-corrected chi connectivity index (χ2v) is 8.18. The van der Waals surface area contributed by atoms with Gasteiger partial charge in [-0.3, -0.25) is 4.72 Å². The summed E-state index contributed by atoms with van der Waals surface area (Å²) in [5.41, 5.74) is 3.00. The van der Waals surface area contributed by atoms with Gasteiger partial charge >= 0.3 is 0 Å². The van der Waals surface area contributed by atoms with E-state index < -0.39 is 10.0 Å². The third-order valence-corrected chi connectivity index (χ3v) is 6.04. The maximum absolute atomic E-state index is 12.6. The van der Waals surface area contributed by atoms with E-state index in [0.29, 0.717) is 12.2 Å². The van der Waals surface area contributed by atoms with Crippen molar-refractivity contribution < 1.29 is 8.42 Å². The third-order valence-electron chi connectivity index (χ3n) is 4.67. The van der Waals surface area contributed by atoms with Crippen molar-refractivity contribution >= 4 is 27.2 Å². The molecular formula is C20H18N4O2S. The molecule has 1 aromatic carbocycles. The van der Waals surface area contributed by atoms with Crippen molar-refractivity contribution in [2.45, 2.75) is 17.7 Å². The number of sulfonamides is 1. The van der Waals surface area contributed by atoms with E-state index in [9.17, 15) is 8.42 Å². The van der Waals surface area contributed by atoms with Crippen LogP contribution in [0.15, 0.2) is 59.5 Å². The number of benzene rings is 1. The minimum absolute atomic E-state index is 0.0908. The second-order valence-electron chi connectivity index (χ2n) is 6.50. The number of pyridine rings is 1.